The molecule has 41 heavy (non-hydrogen) atoms. The standard InChI is InChI=1S/C32H28BrN3O3S2/c1-38-28-10-5-8-24(32(28)39-2)27-17-25(29-11-6-16-40-29)34-36(27)31(37)20-41-30-19-35(26-9-4-3-7-23(26)30)18-21-12-14-22(33)15-13-21/h3-16,19,27H,17-18,20H2,1-2H3/t27-/m1/s1. The van der Waals surface area contributed by atoms with E-state index in [1.807, 2.05) is 41.8 Å². The number of nitrogens with zero attached hydrogens (tertiary/aromatic N) is 3. The molecule has 0 fully saturated rings. The summed E-state index contributed by atoms with van der Waals surface area (Å²) in [6.07, 6.45) is 2.75. The number of ether oxygens (including phenoxy) is 2. The van der Waals surface area contributed by atoms with E-state index in [9.17, 15) is 4.79 Å². The molecule has 2 aromatic heterocycles. The van der Waals surface area contributed by atoms with Crippen LogP contribution in [0.2, 0.25) is 0 Å². The third-order valence-corrected chi connectivity index (χ3v) is 9.61. The molecule has 3 aromatic carbocycles. The van der Waals surface area contributed by atoms with E-state index in [0.717, 1.165) is 43.0 Å². The fourth-order valence-corrected chi connectivity index (χ4v) is 7.13. The van der Waals surface area contributed by atoms with Crippen LogP contribution in [0.4, 0.5) is 0 Å². The Bertz CT molecular complexity index is 1710. The smallest absolute Gasteiger partial charge is 0.253 e. The number of rotatable bonds is 9. The lowest BCUT2D eigenvalue weighted by Gasteiger charge is -2.24. The minimum absolute atomic E-state index is 0.0545. The molecule has 1 atom stereocenters. The average Bonchev–Trinajstić information content (AvgIpc) is 3.76. The summed E-state index contributed by atoms with van der Waals surface area (Å²) in [5.41, 5.74) is 4.14. The normalized spacial score (nSPS) is 14.9. The summed E-state index contributed by atoms with van der Waals surface area (Å²) in [5.74, 6) is 1.47. The number of halogens is 1. The van der Waals surface area contributed by atoms with Crippen molar-refractivity contribution in [2.24, 2.45) is 5.10 Å². The van der Waals surface area contributed by atoms with Crippen LogP contribution in [-0.2, 0) is 11.3 Å². The van der Waals surface area contributed by atoms with Gasteiger partial charge >= 0.3 is 0 Å². The summed E-state index contributed by atoms with van der Waals surface area (Å²) < 4.78 is 14.6. The first-order valence-corrected chi connectivity index (χ1v) is 15.8. The van der Waals surface area contributed by atoms with Crippen molar-refractivity contribution >= 4 is 61.6 Å². The van der Waals surface area contributed by atoms with E-state index < -0.39 is 0 Å². The number of benzene rings is 3. The molecule has 1 aliphatic heterocycles. The molecule has 6 nitrogen and oxygen atoms in total. The van der Waals surface area contributed by atoms with Crippen molar-refractivity contribution in [3.63, 3.8) is 0 Å². The Morgan fingerprint density at radius 3 is 2.61 bits per heavy atom. The fourth-order valence-electron chi connectivity index (χ4n) is 5.20. The lowest BCUT2D eigenvalue weighted by Crippen LogP contribution is -2.28. The molecule has 0 saturated heterocycles. The molecule has 0 aliphatic carbocycles. The number of aromatic nitrogens is 1. The van der Waals surface area contributed by atoms with Gasteiger partial charge in [-0.05, 0) is 41.3 Å². The number of para-hydroxylation sites is 2. The molecular formula is C32H28BrN3O3S2. The Morgan fingerprint density at radius 2 is 1.85 bits per heavy atom. The van der Waals surface area contributed by atoms with E-state index in [-0.39, 0.29) is 17.7 Å². The van der Waals surface area contributed by atoms with Crippen LogP contribution in [-0.4, -0.2) is 41.2 Å². The van der Waals surface area contributed by atoms with Crippen LogP contribution in [0.15, 0.2) is 105 Å². The van der Waals surface area contributed by atoms with Crippen LogP contribution in [0, 0.1) is 0 Å². The Hall–Kier alpha value is -3.53. The zero-order valence-corrected chi connectivity index (χ0v) is 25.8. The molecule has 208 valence electrons. The number of hydrogen-bond donors (Lipinski definition) is 0. The van der Waals surface area contributed by atoms with E-state index in [0.29, 0.717) is 17.9 Å². The first-order chi connectivity index (χ1) is 20.1. The number of hydrogen-bond acceptors (Lipinski definition) is 6. The van der Waals surface area contributed by atoms with Gasteiger partial charge in [0.15, 0.2) is 11.5 Å². The number of amides is 1. The Balaban J connectivity index is 1.28. The number of carbonyl (C=O) groups excluding carboxylic acids is 1. The summed E-state index contributed by atoms with van der Waals surface area (Å²) in [6, 6.07) is 26.3. The summed E-state index contributed by atoms with van der Waals surface area (Å²) in [5, 5.41) is 9.66. The molecule has 0 spiro atoms. The molecule has 0 N–H and O–H groups in total. The minimum Gasteiger partial charge on any atom is -0.493 e. The van der Waals surface area contributed by atoms with E-state index in [1.165, 1.54) is 5.56 Å². The Morgan fingerprint density at radius 1 is 1.02 bits per heavy atom. The molecule has 0 bridgehead atoms. The lowest BCUT2D eigenvalue weighted by molar-refractivity contribution is -0.130. The van der Waals surface area contributed by atoms with Crippen molar-refractivity contribution in [3.05, 3.63) is 111 Å². The van der Waals surface area contributed by atoms with Crippen LogP contribution >= 0.6 is 39.0 Å². The summed E-state index contributed by atoms with van der Waals surface area (Å²) in [4.78, 5) is 16.0. The van der Waals surface area contributed by atoms with Gasteiger partial charge in [0.1, 0.15) is 0 Å². The number of fused-ring (bicyclic) bond motifs is 1. The lowest BCUT2D eigenvalue weighted by atomic mass is 9.99. The summed E-state index contributed by atoms with van der Waals surface area (Å²) >= 11 is 6.70. The van der Waals surface area contributed by atoms with Crippen molar-refractivity contribution in [2.45, 2.75) is 23.9 Å². The third-order valence-electron chi connectivity index (χ3n) is 7.13. The molecular weight excluding hydrogens is 618 g/mol. The summed E-state index contributed by atoms with van der Waals surface area (Å²) in [7, 11) is 3.25. The molecule has 1 aliphatic rings. The highest BCUT2D eigenvalue weighted by Gasteiger charge is 2.36. The van der Waals surface area contributed by atoms with Crippen LogP contribution in [0.3, 0.4) is 0 Å². The van der Waals surface area contributed by atoms with Gasteiger partial charge < -0.3 is 14.0 Å². The van der Waals surface area contributed by atoms with Crippen LogP contribution < -0.4 is 9.47 Å². The first-order valence-electron chi connectivity index (χ1n) is 13.1. The number of methoxy groups -OCH3 is 2. The molecule has 0 saturated carbocycles. The highest BCUT2D eigenvalue weighted by Crippen LogP contribution is 2.42. The predicted molar refractivity (Wildman–Crippen MR) is 171 cm³/mol. The molecule has 0 radical (unpaired) electrons. The van der Waals surface area contributed by atoms with Gasteiger partial charge in [-0.15, -0.1) is 23.1 Å². The molecule has 9 heteroatoms. The Kier molecular flexibility index (Phi) is 8.18. The third kappa shape index (κ3) is 5.66. The van der Waals surface area contributed by atoms with E-state index >= 15 is 0 Å². The first kappa shape index (κ1) is 27.6. The number of carbonyl (C=O) groups is 1. The monoisotopic (exact) mass is 645 g/mol. The highest BCUT2D eigenvalue weighted by molar-refractivity contribution is 9.10. The van der Waals surface area contributed by atoms with Crippen molar-refractivity contribution in [1.29, 1.82) is 0 Å². The van der Waals surface area contributed by atoms with E-state index in [1.54, 1.807) is 42.3 Å². The second-order valence-electron chi connectivity index (χ2n) is 9.62. The van der Waals surface area contributed by atoms with Crippen molar-refractivity contribution < 1.29 is 14.3 Å². The molecule has 1 amide bonds. The minimum atomic E-state index is -0.288. The number of thioether (sulfide) groups is 1. The van der Waals surface area contributed by atoms with Gasteiger partial charge in [0, 0.05) is 45.0 Å². The maximum Gasteiger partial charge on any atom is 0.253 e. The van der Waals surface area contributed by atoms with Gasteiger partial charge in [0.2, 0.25) is 0 Å². The maximum absolute atomic E-state index is 13.9. The van der Waals surface area contributed by atoms with Crippen molar-refractivity contribution in [1.82, 2.24) is 9.58 Å². The van der Waals surface area contributed by atoms with Crippen molar-refractivity contribution in [3.8, 4) is 11.5 Å². The van der Waals surface area contributed by atoms with Gasteiger partial charge in [-0.1, -0.05) is 64.5 Å². The zero-order chi connectivity index (χ0) is 28.3. The quantitative estimate of drug-likeness (QED) is 0.152. The maximum atomic E-state index is 13.9. The Labute approximate surface area is 255 Å². The van der Waals surface area contributed by atoms with Crippen LogP contribution in [0.1, 0.15) is 28.5 Å². The largest absolute Gasteiger partial charge is 0.493 e. The molecule has 0 unspecified atom stereocenters. The second kappa shape index (κ2) is 12.1. The number of thiophene rings is 1. The van der Waals surface area contributed by atoms with Gasteiger partial charge in [0.25, 0.3) is 5.91 Å². The molecule has 5 aromatic rings. The van der Waals surface area contributed by atoms with Crippen LogP contribution in [0.5, 0.6) is 11.5 Å². The SMILES string of the molecule is COc1cccc([C@H]2CC(c3cccs3)=NN2C(=O)CSc2cn(Cc3ccc(Br)cc3)c3ccccc23)c1OC. The van der Waals surface area contributed by atoms with Gasteiger partial charge in [-0.25, -0.2) is 5.01 Å². The van der Waals surface area contributed by atoms with Gasteiger partial charge in [-0.3, -0.25) is 4.79 Å². The molecule has 6 rings (SSSR count). The zero-order valence-electron chi connectivity index (χ0n) is 22.6. The topological polar surface area (TPSA) is 56.1 Å². The van der Waals surface area contributed by atoms with Gasteiger partial charge in [0.05, 0.1) is 36.6 Å². The predicted octanol–water partition coefficient (Wildman–Crippen LogP) is 8.00. The van der Waals surface area contributed by atoms with Gasteiger partial charge in [-0.2, -0.15) is 5.10 Å². The second-order valence-corrected chi connectivity index (χ2v) is 12.5. The number of hydrazone groups is 1. The van der Waals surface area contributed by atoms with Crippen LogP contribution in [0.25, 0.3) is 10.9 Å². The van der Waals surface area contributed by atoms with Crippen molar-refractivity contribution in [2.75, 3.05) is 20.0 Å². The average molecular weight is 647 g/mol. The fraction of sp³-hybridized carbons (Fsp3) is 0.188. The highest BCUT2D eigenvalue weighted by atomic mass is 79.9. The molecule has 3 heterocycles. The van der Waals surface area contributed by atoms with E-state index in [4.69, 9.17) is 14.6 Å². The summed E-state index contributed by atoms with van der Waals surface area (Å²) in [6.45, 7) is 0.751. The van der Waals surface area contributed by atoms with E-state index in [2.05, 4.69) is 69.2 Å².